The molecule has 2 atom stereocenters. The van der Waals surface area contributed by atoms with Gasteiger partial charge in [-0.1, -0.05) is 0 Å². The van der Waals surface area contributed by atoms with Crippen LogP contribution in [-0.4, -0.2) is 121 Å². The van der Waals surface area contributed by atoms with Crippen molar-refractivity contribution in [2.24, 2.45) is 0 Å². The molecule has 12 heteroatoms. The van der Waals surface area contributed by atoms with E-state index in [0.29, 0.717) is 0 Å². The lowest BCUT2D eigenvalue weighted by atomic mass is 10.2. The summed E-state index contributed by atoms with van der Waals surface area (Å²) in [4.78, 5) is 55.9. The molecule has 4 amide bonds. The number of carbonyl (C=O) groups excluding carboxylic acids is 4. The minimum absolute atomic E-state index is 0.184. The summed E-state index contributed by atoms with van der Waals surface area (Å²) in [5.41, 5.74) is 0. The van der Waals surface area contributed by atoms with E-state index in [1.807, 2.05) is 0 Å². The van der Waals surface area contributed by atoms with Gasteiger partial charge in [0.15, 0.2) is 12.6 Å². The maximum Gasteiger partial charge on any atom is 0.219 e. The Balaban J connectivity index is 2.11. The quantitative estimate of drug-likeness (QED) is 0.324. The Morgan fingerprint density at radius 1 is 0.471 bits per heavy atom. The molecule has 0 aliphatic carbocycles. The van der Waals surface area contributed by atoms with E-state index in [4.69, 9.17) is 0 Å². The second-order valence-corrected chi connectivity index (χ2v) is 9.07. The molecule has 12 nitrogen and oxygen atoms in total. The molecule has 2 aliphatic rings. The second kappa shape index (κ2) is 14.2. The van der Waals surface area contributed by atoms with Crippen LogP contribution in [0.15, 0.2) is 0 Å². The van der Waals surface area contributed by atoms with Gasteiger partial charge in [-0.05, 0) is 25.9 Å². The lowest BCUT2D eigenvalue weighted by molar-refractivity contribution is -0.127. The maximum absolute atomic E-state index is 11.7. The molecule has 34 heavy (non-hydrogen) atoms. The molecule has 2 heterocycles. The maximum atomic E-state index is 11.7. The van der Waals surface area contributed by atoms with E-state index < -0.39 is 12.6 Å². The van der Waals surface area contributed by atoms with Gasteiger partial charge < -0.3 is 31.1 Å². The number of fused-ring (bicyclic) bond motifs is 3. The third kappa shape index (κ3) is 10.3. The highest BCUT2D eigenvalue weighted by Gasteiger charge is 2.25. The van der Waals surface area contributed by atoms with Crippen molar-refractivity contribution in [3.05, 3.63) is 0 Å². The Labute approximate surface area is 202 Å². The van der Waals surface area contributed by atoms with Crippen LogP contribution in [0.2, 0.25) is 0 Å². The van der Waals surface area contributed by atoms with E-state index >= 15 is 0 Å². The molecule has 0 aromatic carbocycles. The summed E-state index contributed by atoms with van der Waals surface area (Å²) in [7, 11) is 0. The Hall–Kier alpha value is -2.28. The van der Waals surface area contributed by atoms with Crippen molar-refractivity contribution in [3.63, 3.8) is 0 Å². The largest absolute Gasteiger partial charge is 0.324 e. The van der Waals surface area contributed by atoms with Crippen LogP contribution in [0, 0.1) is 0 Å². The van der Waals surface area contributed by atoms with Gasteiger partial charge >= 0.3 is 0 Å². The Kier molecular flexibility index (Phi) is 11.7. The summed E-state index contributed by atoms with van der Waals surface area (Å²) in [6.07, 6.45) is 0.723. The molecule has 0 aromatic heterocycles. The molecule has 2 unspecified atom stereocenters. The lowest BCUT2D eigenvalue weighted by Crippen LogP contribution is -2.60. The van der Waals surface area contributed by atoms with E-state index in [2.05, 4.69) is 40.9 Å². The normalized spacial score (nSPS) is 23.2. The van der Waals surface area contributed by atoms with Gasteiger partial charge in [0.05, 0.1) is 0 Å². The van der Waals surface area contributed by atoms with Gasteiger partial charge in [-0.15, -0.1) is 0 Å². The average Bonchev–Trinajstić information content (AvgIpc) is 2.73. The van der Waals surface area contributed by atoms with Crippen LogP contribution >= 0.6 is 0 Å². The first-order valence-corrected chi connectivity index (χ1v) is 12.1. The molecule has 2 aliphatic heterocycles. The predicted octanol–water partition coefficient (Wildman–Crippen LogP) is -1.89. The van der Waals surface area contributed by atoms with Gasteiger partial charge in [0.25, 0.3) is 0 Å². The summed E-state index contributed by atoms with van der Waals surface area (Å²) in [5, 5.41) is 11.4. The highest BCUT2D eigenvalue weighted by Crippen LogP contribution is 2.08. The van der Waals surface area contributed by atoms with Crippen molar-refractivity contribution >= 4 is 23.6 Å². The van der Waals surface area contributed by atoms with Crippen molar-refractivity contribution in [3.8, 4) is 0 Å². The van der Waals surface area contributed by atoms with Gasteiger partial charge in [0, 0.05) is 80.1 Å². The molecule has 0 saturated carbocycles. The van der Waals surface area contributed by atoms with Crippen LogP contribution in [0.5, 0.6) is 0 Å². The van der Waals surface area contributed by atoms with E-state index in [1.165, 1.54) is 27.7 Å². The SMILES string of the molecule is CC(=O)NC(NC(C)=O)N1CCCN2CCN(CCCN(C(NC(C)=O)NC(C)=O)CC2)CC1. The molecule has 2 rings (SSSR count). The highest BCUT2D eigenvalue weighted by molar-refractivity contribution is 5.76. The number of hydrogen-bond acceptors (Lipinski definition) is 8. The first kappa shape index (κ1) is 28.0. The van der Waals surface area contributed by atoms with Gasteiger partial charge in [0.1, 0.15) is 0 Å². The van der Waals surface area contributed by atoms with Crippen molar-refractivity contribution in [1.29, 1.82) is 0 Å². The summed E-state index contributed by atoms with van der Waals surface area (Å²) >= 11 is 0. The van der Waals surface area contributed by atoms with Crippen LogP contribution in [0.3, 0.4) is 0 Å². The number of carbonyl (C=O) groups is 4. The number of hydrogen-bond donors (Lipinski definition) is 4. The molecule has 0 spiro atoms. The summed E-state index contributed by atoms with van der Waals surface area (Å²) in [5.74, 6) is -0.734. The van der Waals surface area contributed by atoms with Gasteiger partial charge in [-0.2, -0.15) is 0 Å². The molecule has 2 saturated heterocycles. The Morgan fingerprint density at radius 2 is 0.765 bits per heavy atom. The number of nitrogens with zero attached hydrogens (tertiary/aromatic N) is 4. The van der Waals surface area contributed by atoms with Crippen LogP contribution in [-0.2, 0) is 19.2 Å². The highest BCUT2D eigenvalue weighted by atomic mass is 16.2. The molecule has 2 bridgehead atoms. The third-order valence-corrected chi connectivity index (χ3v) is 6.07. The van der Waals surface area contributed by atoms with Crippen LogP contribution in [0.4, 0.5) is 0 Å². The molecule has 2 fully saturated rings. The number of nitrogens with one attached hydrogen (secondary N) is 4. The minimum atomic E-state index is -0.524. The lowest BCUT2D eigenvalue weighted by Gasteiger charge is -2.39. The molecule has 0 aromatic rings. The fraction of sp³-hybridized carbons (Fsp3) is 0.818. The van der Waals surface area contributed by atoms with Gasteiger partial charge in [-0.25, -0.2) is 0 Å². The van der Waals surface area contributed by atoms with Crippen LogP contribution in [0.25, 0.3) is 0 Å². The van der Waals surface area contributed by atoms with Crippen LogP contribution in [0.1, 0.15) is 40.5 Å². The average molecular weight is 483 g/mol. The van der Waals surface area contributed by atoms with Crippen molar-refractivity contribution < 1.29 is 19.2 Å². The molecule has 4 N–H and O–H groups in total. The Bertz CT molecular complexity index is 616. The zero-order valence-corrected chi connectivity index (χ0v) is 21.1. The molecule has 0 radical (unpaired) electrons. The minimum Gasteiger partial charge on any atom is -0.324 e. The van der Waals surface area contributed by atoms with Gasteiger partial charge in [0.2, 0.25) is 23.6 Å². The van der Waals surface area contributed by atoms with Gasteiger partial charge in [-0.3, -0.25) is 29.0 Å². The monoisotopic (exact) mass is 482 g/mol. The van der Waals surface area contributed by atoms with Crippen LogP contribution < -0.4 is 21.3 Å². The molecular weight excluding hydrogens is 440 g/mol. The van der Waals surface area contributed by atoms with E-state index in [9.17, 15) is 19.2 Å². The summed E-state index contributed by atoms with van der Waals surface area (Å²) in [6, 6.07) is 0. The zero-order valence-electron chi connectivity index (χ0n) is 21.1. The standard InChI is InChI=1S/C22H42N8O4/c1-17(31)23-21(24-18(2)32)29-9-5-7-28-12-11-27(13-15-29)8-6-10-30(16-14-28)22(25-19(3)33)26-20(4)34/h21-22H,5-16H2,1-4H3,(H,23,31)(H,24,32)(H,25,33)(H,26,34). The Morgan fingerprint density at radius 3 is 1.06 bits per heavy atom. The predicted molar refractivity (Wildman–Crippen MR) is 128 cm³/mol. The summed E-state index contributed by atoms with van der Waals surface area (Å²) in [6.45, 7) is 14.0. The molecular formula is C22H42N8O4. The number of amides is 4. The third-order valence-electron chi connectivity index (χ3n) is 6.07. The first-order valence-electron chi connectivity index (χ1n) is 12.1. The fourth-order valence-electron chi connectivity index (χ4n) is 4.44. The summed E-state index contributed by atoms with van der Waals surface area (Å²) < 4.78 is 0. The van der Waals surface area contributed by atoms with E-state index in [0.717, 1.165) is 78.3 Å². The van der Waals surface area contributed by atoms with E-state index in [1.54, 1.807) is 0 Å². The smallest absolute Gasteiger partial charge is 0.219 e. The van der Waals surface area contributed by atoms with Crippen molar-refractivity contribution in [2.75, 3.05) is 65.4 Å². The zero-order chi connectivity index (χ0) is 25.1. The fourth-order valence-corrected chi connectivity index (χ4v) is 4.44. The molecule has 194 valence electrons. The number of rotatable bonds is 6. The first-order chi connectivity index (χ1) is 16.1. The second-order valence-electron chi connectivity index (χ2n) is 9.07. The van der Waals surface area contributed by atoms with Crippen molar-refractivity contribution in [2.45, 2.75) is 53.1 Å². The van der Waals surface area contributed by atoms with E-state index in [-0.39, 0.29) is 23.6 Å². The topological polar surface area (TPSA) is 129 Å². The van der Waals surface area contributed by atoms with Crippen molar-refractivity contribution in [1.82, 2.24) is 40.9 Å².